The second-order valence-electron chi connectivity index (χ2n) is 6.10. The summed E-state index contributed by atoms with van der Waals surface area (Å²) >= 11 is 0. The minimum atomic E-state index is -0.508. The van der Waals surface area contributed by atoms with Crippen LogP contribution in [0, 0.1) is 0 Å². The van der Waals surface area contributed by atoms with Crippen LogP contribution in [0.25, 0.3) is 0 Å². The molecule has 0 saturated carbocycles. The Bertz CT molecular complexity index is 476. The van der Waals surface area contributed by atoms with Crippen LogP contribution in [0.5, 0.6) is 0 Å². The van der Waals surface area contributed by atoms with E-state index < -0.39 is 5.60 Å². The molecule has 0 radical (unpaired) electrons. The number of anilines is 1. The molecule has 0 aliphatic carbocycles. The maximum absolute atomic E-state index is 12.2. The number of carbonyl (C=O) groups excluding carboxylic acids is 1. The highest BCUT2D eigenvalue weighted by atomic mass is 16.6. The number of nitrogens with zero attached hydrogens (tertiary/aromatic N) is 2. The Balaban J connectivity index is 2.21. The third-order valence-electron chi connectivity index (χ3n) is 3.24. The van der Waals surface area contributed by atoms with E-state index in [1.54, 1.807) is 13.2 Å². The molecule has 5 heteroatoms. The molecule has 1 fully saturated rings. The first-order valence-corrected chi connectivity index (χ1v) is 7.03. The molecule has 1 amide bonds. The molecule has 1 unspecified atom stereocenters. The first kappa shape index (κ1) is 14.8. The zero-order valence-electron chi connectivity index (χ0n) is 12.6. The fourth-order valence-electron chi connectivity index (χ4n) is 2.33. The molecule has 0 spiro atoms. The van der Waals surface area contributed by atoms with Crippen LogP contribution in [0.3, 0.4) is 0 Å². The summed E-state index contributed by atoms with van der Waals surface area (Å²) in [7, 11) is 1.70. The van der Waals surface area contributed by atoms with Crippen molar-refractivity contribution >= 4 is 11.9 Å². The van der Waals surface area contributed by atoms with Gasteiger partial charge in [0.25, 0.3) is 0 Å². The highest BCUT2D eigenvalue weighted by Crippen LogP contribution is 2.29. The van der Waals surface area contributed by atoms with E-state index in [1.807, 2.05) is 32.9 Å². The topological polar surface area (TPSA) is 54.5 Å². The van der Waals surface area contributed by atoms with Crippen molar-refractivity contribution in [2.75, 3.05) is 18.5 Å². The van der Waals surface area contributed by atoms with Crippen molar-refractivity contribution in [3.05, 3.63) is 23.9 Å². The Morgan fingerprint density at radius 3 is 2.85 bits per heavy atom. The standard InChI is InChI=1S/C15H23N3O2/c1-15(2,3)20-14(19)18(4)13-11(7-5-10-17-13)12-8-6-9-16-12/h5,7,10,12,16H,6,8-9H2,1-4H3. The lowest BCUT2D eigenvalue weighted by molar-refractivity contribution is 0.0588. The summed E-state index contributed by atoms with van der Waals surface area (Å²) in [5, 5.41) is 3.44. The molecule has 2 rings (SSSR count). The molecule has 1 aliphatic rings. The second kappa shape index (κ2) is 5.79. The third kappa shape index (κ3) is 3.48. The number of hydrogen-bond donors (Lipinski definition) is 1. The molecule has 1 aromatic heterocycles. The first-order valence-electron chi connectivity index (χ1n) is 7.03. The van der Waals surface area contributed by atoms with Gasteiger partial charge < -0.3 is 10.1 Å². The Labute approximate surface area is 120 Å². The van der Waals surface area contributed by atoms with Crippen LogP contribution in [0.4, 0.5) is 10.6 Å². The normalized spacial score (nSPS) is 18.9. The quantitative estimate of drug-likeness (QED) is 0.903. The van der Waals surface area contributed by atoms with E-state index in [0.717, 1.165) is 24.9 Å². The Morgan fingerprint density at radius 2 is 2.25 bits per heavy atom. The van der Waals surface area contributed by atoms with Gasteiger partial charge in [0.05, 0.1) is 0 Å². The van der Waals surface area contributed by atoms with Crippen LogP contribution in [0.1, 0.15) is 45.2 Å². The molecule has 1 aliphatic heterocycles. The van der Waals surface area contributed by atoms with E-state index in [2.05, 4.69) is 10.3 Å². The monoisotopic (exact) mass is 277 g/mol. The van der Waals surface area contributed by atoms with Gasteiger partial charge in [-0.15, -0.1) is 0 Å². The van der Waals surface area contributed by atoms with Crippen molar-refractivity contribution < 1.29 is 9.53 Å². The number of rotatable bonds is 2. The fourth-order valence-corrected chi connectivity index (χ4v) is 2.33. The summed E-state index contributed by atoms with van der Waals surface area (Å²) in [6, 6.07) is 4.19. The Kier molecular flexibility index (Phi) is 4.28. The van der Waals surface area contributed by atoms with Gasteiger partial charge in [-0.2, -0.15) is 0 Å². The van der Waals surface area contributed by atoms with Crippen molar-refractivity contribution in [1.29, 1.82) is 0 Å². The van der Waals surface area contributed by atoms with Crippen molar-refractivity contribution in [3.8, 4) is 0 Å². The van der Waals surface area contributed by atoms with Crippen LogP contribution in [0.2, 0.25) is 0 Å². The van der Waals surface area contributed by atoms with Gasteiger partial charge >= 0.3 is 6.09 Å². The number of amides is 1. The van der Waals surface area contributed by atoms with E-state index >= 15 is 0 Å². The lowest BCUT2D eigenvalue weighted by atomic mass is 10.1. The second-order valence-corrected chi connectivity index (χ2v) is 6.10. The van der Waals surface area contributed by atoms with Crippen molar-refractivity contribution in [3.63, 3.8) is 0 Å². The number of pyridine rings is 1. The van der Waals surface area contributed by atoms with Gasteiger partial charge in [-0.1, -0.05) is 6.07 Å². The number of carbonyl (C=O) groups is 1. The van der Waals surface area contributed by atoms with Gasteiger partial charge in [-0.3, -0.25) is 4.90 Å². The molecule has 2 heterocycles. The maximum Gasteiger partial charge on any atom is 0.415 e. The summed E-state index contributed by atoms with van der Waals surface area (Å²) in [6.45, 7) is 6.58. The molecule has 5 nitrogen and oxygen atoms in total. The maximum atomic E-state index is 12.2. The van der Waals surface area contributed by atoms with E-state index in [9.17, 15) is 4.79 Å². The van der Waals surface area contributed by atoms with E-state index in [0.29, 0.717) is 5.82 Å². The van der Waals surface area contributed by atoms with Crippen molar-refractivity contribution in [2.45, 2.75) is 45.3 Å². The first-order chi connectivity index (χ1) is 9.38. The minimum absolute atomic E-state index is 0.267. The summed E-state index contributed by atoms with van der Waals surface area (Å²) in [4.78, 5) is 18.0. The SMILES string of the molecule is CN(C(=O)OC(C)(C)C)c1ncccc1C1CCCN1. The molecule has 1 saturated heterocycles. The molecular formula is C15H23N3O2. The van der Waals surface area contributed by atoms with Crippen LogP contribution in [0.15, 0.2) is 18.3 Å². The number of hydrogen-bond acceptors (Lipinski definition) is 4. The Morgan fingerprint density at radius 1 is 1.50 bits per heavy atom. The predicted molar refractivity (Wildman–Crippen MR) is 78.9 cm³/mol. The summed E-state index contributed by atoms with van der Waals surface area (Å²) in [5.41, 5.74) is 0.546. The van der Waals surface area contributed by atoms with E-state index in [-0.39, 0.29) is 12.1 Å². The highest BCUT2D eigenvalue weighted by Gasteiger charge is 2.26. The van der Waals surface area contributed by atoms with Gasteiger partial charge in [0, 0.05) is 24.8 Å². The van der Waals surface area contributed by atoms with Gasteiger partial charge in [0.2, 0.25) is 0 Å². The molecule has 20 heavy (non-hydrogen) atoms. The number of nitrogens with one attached hydrogen (secondary N) is 1. The molecule has 1 atom stereocenters. The van der Waals surface area contributed by atoms with Gasteiger partial charge in [-0.05, 0) is 46.2 Å². The van der Waals surface area contributed by atoms with Crippen LogP contribution in [-0.4, -0.2) is 30.3 Å². The summed E-state index contributed by atoms with van der Waals surface area (Å²) in [6.07, 6.45) is 3.54. The van der Waals surface area contributed by atoms with Crippen molar-refractivity contribution in [1.82, 2.24) is 10.3 Å². The van der Waals surface area contributed by atoms with Gasteiger partial charge in [0.15, 0.2) is 0 Å². The molecule has 0 aromatic carbocycles. The molecule has 1 aromatic rings. The summed E-state index contributed by atoms with van der Waals surface area (Å²) in [5.74, 6) is 0.668. The van der Waals surface area contributed by atoms with E-state index in [1.165, 1.54) is 4.90 Å². The predicted octanol–water partition coefficient (Wildman–Crippen LogP) is 2.88. The molecular weight excluding hydrogens is 254 g/mol. The third-order valence-corrected chi connectivity index (χ3v) is 3.24. The summed E-state index contributed by atoms with van der Waals surface area (Å²) < 4.78 is 5.40. The van der Waals surface area contributed by atoms with Crippen LogP contribution in [-0.2, 0) is 4.74 Å². The van der Waals surface area contributed by atoms with Gasteiger partial charge in [0.1, 0.15) is 11.4 Å². The smallest absolute Gasteiger partial charge is 0.415 e. The fraction of sp³-hybridized carbons (Fsp3) is 0.600. The highest BCUT2D eigenvalue weighted by molar-refractivity contribution is 5.87. The number of ether oxygens (including phenoxy) is 1. The average molecular weight is 277 g/mol. The van der Waals surface area contributed by atoms with Crippen LogP contribution >= 0.6 is 0 Å². The van der Waals surface area contributed by atoms with E-state index in [4.69, 9.17) is 4.74 Å². The van der Waals surface area contributed by atoms with Crippen molar-refractivity contribution in [2.24, 2.45) is 0 Å². The Hall–Kier alpha value is -1.62. The lowest BCUT2D eigenvalue weighted by Gasteiger charge is -2.26. The molecule has 1 N–H and O–H groups in total. The van der Waals surface area contributed by atoms with Crippen LogP contribution < -0.4 is 10.2 Å². The zero-order valence-corrected chi connectivity index (χ0v) is 12.6. The zero-order chi connectivity index (χ0) is 14.8. The van der Waals surface area contributed by atoms with Gasteiger partial charge in [-0.25, -0.2) is 9.78 Å². The molecule has 0 bridgehead atoms. The lowest BCUT2D eigenvalue weighted by Crippen LogP contribution is -2.35. The largest absolute Gasteiger partial charge is 0.443 e. The number of aromatic nitrogens is 1. The molecule has 110 valence electrons. The average Bonchev–Trinajstić information content (AvgIpc) is 2.89. The minimum Gasteiger partial charge on any atom is -0.443 e.